The van der Waals surface area contributed by atoms with Gasteiger partial charge in [-0.1, -0.05) is 11.6 Å². The molecule has 0 saturated carbocycles. The summed E-state index contributed by atoms with van der Waals surface area (Å²) in [5.74, 6) is -0.448. The fraction of sp³-hybridized carbons (Fsp3) is 0.261. The van der Waals surface area contributed by atoms with E-state index in [1.807, 2.05) is 33.8 Å². The van der Waals surface area contributed by atoms with Gasteiger partial charge in [0, 0.05) is 5.56 Å². The molecule has 0 saturated heterocycles. The fourth-order valence-electron chi connectivity index (χ4n) is 3.54. The molecule has 1 aliphatic rings. The lowest BCUT2D eigenvalue weighted by molar-refractivity contribution is 0.157. The van der Waals surface area contributed by atoms with E-state index in [1.165, 1.54) is 12.1 Å². The van der Waals surface area contributed by atoms with Crippen molar-refractivity contribution < 1.29 is 24.5 Å². The fourth-order valence-corrected chi connectivity index (χ4v) is 3.54. The molecular weight excluding hydrogens is 372 g/mol. The lowest BCUT2D eigenvalue weighted by Crippen LogP contribution is -2.28. The van der Waals surface area contributed by atoms with Crippen LogP contribution in [0.15, 0.2) is 39.1 Å². The van der Waals surface area contributed by atoms with E-state index in [9.17, 15) is 20.1 Å². The minimum Gasteiger partial charge on any atom is -0.507 e. The third-order valence-corrected chi connectivity index (χ3v) is 5.02. The van der Waals surface area contributed by atoms with Crippen LogP contribution in [0.1, 0.15) is 38.8 Å². The van der Waals surface area contributed by atoms with Crippen LogP contribution in [0.3, 0.4) is 0 Å². The Morgan fingerprint density at radius 1 is 1.07 bits per heavy atom. The van der Waals surface area contributed by atoms with E-state index in [2.05, 4.69) is 0 Å². The highest BCUT2D eigenvalue weighted by Gasteiger charge is 2.31. The van der Waals surface area contributed by atoms with Crippen molar-refractivity contribution in [1.29, 1.82) is 0 Å². The van der Waals surface area contributed by atoms with E-state index < -0.39 is 11.0 Å². The first-order valence-electron chi connectivity index (χ1n) is 9.31. The summed E-state index contributed by atoms with van der Waals surface area (Å²) in [6.07, 6.45) is 5.90. The molecular formula is C23H22O6. The average Bonchev–Trinajstić information content (AvgIpc) is 2.63. The van der Waals surface area contributed by atoms with Gasteiger partial charge in [-0.2, -0.15) is 0 Å². The molecule has 3 N–H and O–H groups in total. The molecule has 0 radical (unpaired) electrons. The van der Waals surface area contributed by atoms with Crippen LogP contribution < -0.4 is 10.2 Å². The summed E-state index contributed by atoms with van der Waals surface area (Å²) in [6, 6.07) is 2.47. The zero-order valence-electron chi connectivity index (χ0n) is 16.7. The maximum Gasteiger partial charge on any atom is 0.208 e. The number of rotatable bonds is 2. The number of fused-ring (bicyclic) bond motifs is 3. The molecule has 1 aromatic heterocycles. The molecule has 0 spiro atoms. The molecule has 0 bridgehead atoms. The van der Waals surface area contributed by atoms with E-state index in [1.54, 1.807) is 12.2 Å². The van der Waals surface area contributed by atoms with Gasteiger partial charge in [0.25, 0.3) is 0 Å². The summed E-state index contributed by atoms with van der Waals surface area (Å²) >= 11 is 0. The van der Waals surface area contributed by atoms with Crippen molar-refractivity contribution in [3.63, 3.8) is 0 Å². The first-order chi connectivity index (χ1) is 13.6. The third-order valence-electron chi connectivity index (χ3n) is 5.02. The van der Waals surface area contributed by atoms with Crippen molar-refractivity contribution in [3.05, 3.63) is 51.2 Å². The Labute approximate surface area is 167 Å². The topological polar surface area (TPSA) is 100 Å². The molecule has 150 valence electrons. The van der Waals surface area contributed by atoms with Gasteiger partial charge in [-0.15, -0.1) is 0 Å². The lowest BCUT2D eigenvalue weighted by atomic mass is 9.94. The second-order valence-corrected chi connectivity index (χ2v) is 8.04. The molecule has 1 aliphatic heterocycles. The first kappa shape index (κ1) is 18.9. The zero-order valence-corrected chi connectivity index (χ0v) is 16.7. The van der Waals surface area contributed by atoms with Crippen molar-refractivity contribution in [2.45, 2.75) is 39.7 Å². The quantitative estimate of drug-likeness (QED) is 0.329. The van der Waals surface area contributed by atoms with Gasteiger partial charge in [-0.05, 0) is 58.4 Å². The van der Waals surface area contributed by atoms with E-state index in [0.717, 1.165) is 5.57 Å². The van der Waals surface area contributed by atoms with Gasteiger partial charge < -0.3 is 24.5 Å². The van der Waals surface area contributed by atoms with Crippen molar-refractivity contribution >= 4 is 28.0 Å². The van der Waals surface area contributed by atoms with Crippen LogP contribution in [0.5, 0.6) is 23.0 Å². The van der Waals surface area contributed by atoms with E-state index in [-0.39, 0.29) is 39.2 Å². The van der Waals surface area contributed by atoms with Gasteiger partial charge in [0.2, 0.25) is 5.43 Å². The van der Waals surface area contributed by atoms with Crippen LogP contribution in [0.2, 0.25) is 0 Å². The number of phenolic OH excluding ortho intramolecular Hbond substituents is 3. The summed E-state index contributed by atoms with van der Waals surface area (Å²) in [6.45, 7) is 7.68. The van der Waals surface area contributed by atoms with Gasteiger partial charge in [0.15, 0.2) is 11.3 Å². The molecule has 2 heterocycles. The highest BCUT2D eigenvalue weighted by molar-refractivity contribution is 6.02. The highest BCUT2D eigenvalue weighted by Crippen LogP contribution is 2.46. The predicted octanol–water partition coefficient (Wildman–Crippen LogP) is 4.76. The Morgan fingerprint density at radius 2 is 1.76 bits per heavy atom. The predicted molar refractivity (Wildman–Crippen MR) is 112 cm³/mol. The van der Waals surface area contributed by atoms with Crippen LogP contribution in [0, 0.1) is 0 Å². The van der Waals surface area contributed by atoms with Gasteiger partial charge in [-0.25, -0.2) is 0 Å². The van der Waals surface area contributed by atoms with Gasteiger partial charge in [-0.3, -0.25) is 4.79 Å². The second-order valence-electron chi connectivity index (χ2n) is 8.04. The van der Waals surface area contributed by atoms with E-state index in [0.29, 0.717) is 23.3 Å². The number of aromatic hydroxyl groups is 3. The Balaban J connectivity index is 2.23. The Morgan fingerprint density at radius 3 is 2.45 bits per heavy atom. The Hall–Kier alpha value is -3.41. The normalized spacial score (nSPS) is 14.6. The molecule has 0 atom stereocenters. The molecule has 29 heavy (non-hydrogen) atoms. The SMILES string of the molecule is CC(C)=CCc1c2c(c(O)c3c(=O)c4c(O)ccc(O)c4oc13)C=CC(C)(C)O2. The van der Waals surface area contributed by atoms with Crippen LogP contribution in [-0.4, -0.2) is 20.9 Å². The summed E-state index contributed by atoms with van der Waals surface area (Å²) in [4.78, 5) is 13.2. The monoisotopic (exact) mass is 394 g/mol. The number of phenols is 3. The second kappa shape index (κ2) is 6.30. The minimum absolute atomic E-state index is 0.0535. The number of ether oxygens (including phenoxy) is 1. The summed E-state index contributed by atoms with van der Waals surface area (Å²) in [7, 11) is 0. The van der Waals surface area contributed by atoms with Gasteiger partial charge in [0.1, 0.15) is 39.2 Å². The summed E-state index contributed by atoms with van der Waals surface area (Å²) in [5.41, 5.74) is 0.813. The zero-order chi connectivity index (χ0) is 21.1. The van der Waals surface area contributed by atoms with Crippen molar-refractivity contribution in [2.75, 3.05) is 0 Å². The standard InChI is InChI=1S/C23H22O6/c1-11(2)5-6-13-20-12(9-10-23(3,4)29-20)18(26)17-19(27)16-14(24)7-8-15(25)22(16)28-21(13)17/h5,7-10,24-26H,6H2,1-4H3. The molecule has 4 rings (SSSR count). The lowest BCUT2D eigenvalue weighted by Gasteiger charge is -2.30. The third kappa shape index (κ3) is 2.92. The van der Waals surface area contributed by atoms with E-state index in [4.69, 9.17) is 9.15 Å². The van der Waals surface area contributed by atoms with Crippen molar-refractivity contribution in [1.82, 2.24) is 0 Å². The Bertz CT molecular complexity index is 1290. The molecule has 6 heteroatoms. The molecule has 0 unspecified atom stereocenters. The van der Waals surface area contributed by atoms with Crippen molar-refractivity contribution in [3.8, 4) is 23.0 Å². The number of benzene rings is 2. The van der Waals surface area contributed by atoms with Crippen molar-refractivity contribution in [2.24, 2.45) is 0 Å². The smallest absolute Gasteiger partial charge is 0.208 e. The maximum atomic E-state index is 13.2. The van der Waals surface area contributed by atoms with Crippen LogP contribution in [0.4, 0.5) is 0 Å². The molecule has 3 aromatic rings. The minimum atomic E-state index is -0.619. The molecule has 0 amide bonds. The number of allylic oxidation sites excluding steroid dienone is 2. The molecule has 2 aromatic carbocycles. The number of hydrogen-bond acceptors (Lipinski definition) is 6. The van der Waals surface area contributed by atoms with E-state index >= 15 is 0 Å². The first-order valence-corrected chi connectivity index (χ1v) is 9.31. The van der Waals surface area contributed by atoms with Gasteiger partial charge >= 0.3 is 0 Å². The summed E-state index contributed by atoms with van der Waals surface area (Å²) < 4.78 is 12.0. The summed E-state index contributed by atoms with van der Waals surface area (Å²) in [5, 5.41) is 31.1. The molecule has 0 fully saturated rings. The van der Waals surface area contributed by atoms with Crippen LogP contribution >= 0.6 is 0 Å². The Kier molecular flexibility index (Phi) is 4.12. The maximum absolute atomic E-state index is 13.2. The number of hydrogen-bond donors (Lipinski definition) is 3. The van der Waals surface area contributed by atoms with Crippen LogP contribution in [-0.2, 0) is 6.42 Å². The average molecular weight is 394 g/mol. The molecule has 0 aliphatic carbocycles. The van der Waals surface area contributed by atoms with Gasteiger partial charge in [0.05, 0.1) is 5.56 Å². The largest absolute Gasteiger partial charge is 0.507 e. The van der Waals surface area contributed by atoms with Crippen LogP contribution in [0.25, 0.3) is 28.0 Å². The highest BCUT2D eigenvalue weighted by atomic mass is 16.5. The molecule has 6 nitrogen and oxygen atoms in total.